The van der Waals surface area contributed by atoms with Gasteiger partial charge >= 0.3 is 0 Å². The Balaban J connectivity index is 3.06. The van der Waals surface area contributed by atoms with Crippen molar-refractivity contribution < 1.29 is 5.11 Å². The van der Waals surface area contributed by atoms with Crippen LogP contribution < -0.4 is 5.73 Å². The molecule has 0 aromatic heterocycles. The van der Waals surface area contributed by atoms with Gasteiger partial charge in [-0.15, -0.1) is 0 Å². The molecule has 3 N–H and O–H groups in total. The summed E-state index contributed by atoms with van der Waals surface area (Å²) < 4.78 is 0. The highest BCUT2D eigenvalue weighted by atomic mass is 16.3. The molecule has 78 valence electrons. The van der Waals surface area contributed by atoms with Gasteiger partial charge in [0.15, 0.2) is 0 Å². The van der Waals surface area contributed by atoms with E-state index in [1.165, 1.54) is 0 Å². The molecule has 0 radical (unpaired) electrons. The van der Waals surface area contributed by atoms with Crippen LogP contribution in [0.3, 0.4) is 0 Å². The fourth-order valence-electron chi connectivity index (χ4n) is 1.34. The molecule has 0 fully saturated rings. The minimum Gasteiger partial charge on any atom is -0.393 e. The number of benzene rings is 1. The quantitative estimate of drug-likeness (QED) is 0.769. The Kier molecular flexibility index (Phi) is 3.29. The molecular weight excluding hydrogens is 174 g/mol. The minimum atomic E-state index is -0.365. The predicted octanol–water partition coefficient (Wildman–Crippen LogP) is 1.80. The molecule has 2 nitrogen and oxygen atoms in total. The highest BCUT2D eigenvalue weighted by molar-refractivity contribution is 5.30. The number of aliphatic hydroxyl groups excluding tert-OH is 1. The molecule has 1 aromatic rings. The van der Waals surface area contributed by atoms with E-state index < -0.39 is 0 Å². The number of aliphatic hydroxyl groups is 1. The van der Waals surface area contributed by atoms with Crippen LogP contribution in [-0.2, 0) is 12.0 Å². The second-order valence-corrected chi connectivity index (χ2v) is 4.30. The Hall–Kier alpha value is -0.860. The first-order valence-corrected chi connectivity index (χ1v) is 4.96. The predicted molar refractivity (Wildman–Crippen MR) is 59.0 cm³/mol. The second kappa shape index (κ2) is 4.11. The summed E-state index contributed by atoms with van der Waals surface area (Å²) in [7, 11) is 0. The van der Waals surface area contributed by atoms with E-state index in [2.05, 4.69) is 6.07 Å². The number of nitrogens with two attached hydrogens (primary N) is 1. The maximum absolute atomic E-state index is 9.67. The van der Waals surface area contributed by atoms with Gasteiger partial charge in [0.2, 0.25) is 0 Å². The van der Waals surface area contributed by atoms with E-state index in [1.54, 1.807) is 0 Å². The van der Waals surface area contributed by atoms with Crippen molar-refractivity contribution in [2.24, 2.45) is 5.73 Å². The van der Waals surface area contributed by atoms with E-state index in [9.17, 15) is 5.11 Å². The Labute approximate surface area is 85.8 Å². The van der Waals surface area contributed by atoms with Crippen LogP contribution in [0.2, 0.25) is 0 Å². The van der Waals surface area contributed by atoms with E-state index >= 15 is 0 Å². The fourth-order valence-corrected chi connectivity index (χ4v) is 1.34. The maximum Gasteiger partial charge on any atom is 0.0603 e. The van der Waals surface area contributed by atoms with Crippen molar-refractivity contribution in [1.29, 1.82) is 0 Å². The average molecular weight is 193 g/mol. The standard InChI is InChI=1S/C12H19NO/c1-9(14)12(2,3)11-6-4-5-10(7-11)8-13/h4-7,9,14H,8,13H2,1-3H3. The van der Waals surface area contributed by atoms with Crippen LogP contribution >= 0.6 is 0 Å². The van der Waals surface area contributed by atoms with Gasteiger partial charge in [-0.2, -0.15) is 0 Å². The van der Waals surface area contributed by atoms with Crippen LogP contribution in [-0.4, -0.2) is 11.2 Å². The zero-order chi connectivity index (χ0) is 10.8. The summed E-state index contributed by atoms with van der Waals surface area (Å²) >= 11 is 0. The molecule has 1 aromatic carbocycles. The third-order valence-electron chi connectivity index (χ3n) is 2.95. The van der Waals surface area contributed by atoms with E-state index in [-0.39, 0.29) is 11.5 Å². The lowest BCUT2D eigenvalue weighted by atomic mass is 9.79. The molecule has 0 aliphatic rings. The number of rotatable bonds is 3. The summed E-state index contributed by atoms with van der Waals surface area (Å²) in [5.74, 6) is 0. The summed E-state index contributed by atoms with van der Waals surface area (Å²) in [6.45, 7) is 6.43. The third kappa shape index (κ3) is 2.14. The molecule has 0 saturated carbocycles. The van der Waals surface area contributed by atoms with Gasteiger partial charge in [0.05, 0.1) is 6.10 Å². The van der Waals surface area contributed by atoms with E-state index in [0.717, 1.165) is 11.1 Å². The zero-order valence-electron chi connectivity index (χ0n) is 9.12. The van der Waals surface area contributed by atoms with Gasteiger partial charge < -0.3 is 10.8 Å². The van der Waals surface area contributed by atoms with E-state index in [4.69, 9.17) is 5.73 Å². The van der Waals surface area contributed by atoms with Crippen molar-refractivity contribution >= 4 is 0 Å². The van der Waals surface area contributed by atoms with Crippen LogP contribution in [0.4, 0.5) is 0 Å². The topological polar surface area (TPSA) is 46.2 Å². The van der Waals surface area contributed by atoms with Gasteiger partial charge in [0.1, 0.15) is 0 Å². The molecule has 1 unspecified atom stereocenters. The SMILES string of the molecule is CC(O)C(C)(C)c1cccc(CN)c1. The summed E-state index contributed by atoms with van der Waals surface area (Å²) in [6, 6.07) is 8.09. The van der Waals surface area contributed by atoms with Crippen LogP contribution in [0.5, 0.6) is 0 Å². The van der Waals surface area contributed by atoms with Crippen molar-refractivity contribution in [2.45, 2.75) is 38.8 Å². The smallest absolute Gasteiger partial charge is 0.0603 e. The summed E-state index contributed by atoms with van der Waals surface area (Å²) in [4.78, 5) is 0. The number of hydrogen-bond acceptors (Lipinski definition) is 2. The van der Waals surface area contributed by atoms with Gasteiger partial charge in [0, 0.05) is 12.0 Å². The molecule has 14 heavy (non-hydrogen) atoms. The average Bonchev–Trinajstić information content (AvgIpc) is 2.17. The Morgan fingerprint density at radius 2 is 2.07 bits per heavy atom. The lowest BCUT2D eigenvalue weighted by molar-refractivity contribution is 0.118. The zero-order valence-corrected chi connectivity index (χ0v) is 9.12. The summed E-state index contributed by atoms with van der Waals surface area (Å²) in [6.07, 6.45) is -0.365. The molecule has 0 heterocycles. The highest BCUT2D eigenvalue weighted by Gasteiger charge is 2.26. The van der Waals surface area contributed by atoms with E-state index in [0.29, 0.717) is 6.54 Å². The van der Waals surface area contributed by atoms with Crippen molar-refractivity contribution in [2.75, 3.05) is 0 Å². The number of hydrogen-bond donors (Lipinski definition) is 2. The van der Waals surface area contributed by atoms with Gasteiger partial charge in [0.25, 0.3) is 0 Å². The second-order valence-electron chi connectivity index (χ2n) is 4.30. The Morgan fingerprint density at radius 3 is 2.57 bits per heavy atom. The molecule has 1 atom stereocenters. The van der Waals surface area contributed by atoms with Crippen LogP contribution in [0.25, 0.3) is 0 Å². The maximum atomic E-state index is 9.67. The molecule has 0 aliphatic carbocycles. The minimum absolute atomic E-state index is 0.217. The molecule has 1 rings (SSSR count). The Bertz CT molecular complexity index is 305. The monoisotopic (exact) mass is 193 g/mol. The van der Waals surface area contributed by atoms with Crippen molar-refractivity contribution in [3.63, 3.8) is 0 Å². The molecule has 2 heteroatoms. The molecule has 0 aliphatic heterocycles. The van der Waals surface area contributed by atoms with Crippen molar-refractivity contribution in [3.8, 4) is 0 Å². The lowest BCUT2D eigenvalue weighted by Gasteiger charge is -2.29. The first kappa shape index (κ1) is 11.2. The van der Waals surface area contributed by atoms with Crippen molar-refractivity contribution in [3.05, 3.63) is 35.4 Å². The molecule has 0 saturated heterocycles. The normalized spacial score (nSPS) is 14.1. The lowest BCUT2D eigenvalue weighted by Crippen LogP contribution is -2.31. The molecule has 0 spiro atoms. The van der Waals surface area contributed by atoms with Crippen molar-refractivity contribution in [1.82, 2.24) is 0 Å². The van der Waals surface area contributed by atoms with Gasteiger partial charge in [-0.3, -0.25) is 0 Å². The first-order chi connectivity index (χ1) is 6.48. The molecule has 0 amide bonds. The van der Waals surface area contributed by atoms with E-state index in [1.807, 2.05) is 39.0 Å². The summed E-state index contributed by atoms with van der Waals surface area (Å²) in [5.41, 5.74) is 7.60. The van der Waals surface area contributed by atoms with Gasteiger partial charge in [-0.25, -0.2) is 0 Å². The largest absolute Gasteiger partial charge is 0.393 e. The van der Waals surface area contributed by atoms with Crippen LogP contribution in [0.15, 0.2) is 24.3 Å². The third-order valence-corrected chi connectivity index (χ3v) is 2.95. The first-order valence-electron chi connectivity index (χ1n) is 4.96. The molecular formula is C12H19NO. The highest BCUT2D eigenvalue weighted by Crippen LogP contribution is 2.27. The fraction of sp³-hybridized carbons (Fsp3) is 0.500. The van der Waals surface area contributed by atoms with Crippen LogP contribution in [0, 0.1) is 0 Å². The Morgan fingerprint density at radius 1 is 1.43 bits per heavy atom. The van der Waals surface area contributed by atoms with Crippen LogP contribution in [0.1, 0.15) is 31.9 Å². The van der Waals surface area contributed by atoms with Gasteiger partial charge in [-0.05, 0) is 18.1 Å². The van der Waals surface area contributed by atoms with Gasteiger partial charge in [-0.1, -0.05) is 38.1 Å². The molecule has 0 bridgehead atoms. The summed E-state index contributed by atoms with van der Waals surface area (Å²) in [5, 5.41) is 9.67.